The lowest BCUT2D eigenvalue weighted by Gasteiger charge is -2.13. The molecule has 0 saturated carbocycles. The minimum atomic E-state index is -0.352. The molecule has 0 saturated heterocycles. The number of aromatic nitrogens is 1. The summed E-state index contributed by atoms with van der Waals surface area (Å²) in [5, 5.41) is 7.09. The predicted molar refractivity (Wildman–Crippen MR) is 107 cm³/mol. The van der Waals surface area contributed by atoms with E-state index in [1.165, 1.54) is 7.11 Å². The van der Waals surface area contributed by atoms with E-state index in [1.807, 2.05) is 37.3 Å². The largest absolute Gasteiger partial charge is 0.495 e. The molecule has 6 nitrogen and oxygen atoms in total. The lowest BCUT2D eigenvalue weighted by molar-refractivity contribution is 0.247. The minimum Gasteiger partial charge on any atom is -0.495 e. The first-order chi connectivity index (χ1) is 13.1. The van der Waals surface area contributed by atoms with Gasteiger partial charge in [0.2, 0.25) is 0 Å². The van der Waals surface area contributed by atoms with Gasteiger partial charge in [0.25, 0.3) is 0 Å². The topological polar surface area (TPSA) is 72.5 Å². The van der Waals surface area contributed by atoms with Crippen molar-refractivity contribution in [2.45, 2.75) is 6.92 Å². The maximum atomic E-state index is 12.1. The fourth-order valence-corrected chi connectivity index (χ4v) is 2.77. The van der Waals surface area contributed by atoms with Gasteiger partial charge in [0.05, 0.1) is 19.3 Å². The van der Waals surface area contributed by atoms with Crippen molar-refractivity contribution in [2.75, 3.05) is 25.6 Å². The number of carbonyl (C=O) groups excluding carboxylic acids is 1. The minimum absolute atomic E-state index is 0.319. The molecular formula is C20H20ClN3O3. The Morgan fingerprint density at radius 1 is 1.19 bits per heavy atom. The van der Waals surface area contributed by atoms with Gasteiger partial charge in [0, 0.05) is 22.7 Å². The van der Waals surface area contributed by atoms with Gasteiger partial charge in [-0.2, -0.15) is 0 Å². The van der Waals surface area contributed by atoms with E-state index in [0.717, 1.165) is 16.5 Å². The van der Waals surface area contributed by atoms with Gasteiger partial charge in [0.15, 0.2) is 0 Å². The van der Waals surface area contributed by atoms with Crippen LogP contribution in [0.4, 0.5) is 10.5 Å². The van der Waals surface area contributed by atoms with Crippen LogP contribution in [-0.2, 0) is 0 Å². The molecule has 0 atom stereocenters. The van der Waals surface area contributed by atoms with Crippen LogP contribution in [0.3, 0.4) is 0 Å². The molecule has 2 aromatic carbocycles. The lowest BCUT2D eigenvalue weighted by atomic mass is 10.2. The van der Waals surface area contributed by atoms with E-state index < -0.39 is 0 Å². The number of nitrogens with zero attached hydrogens (tertiary/aromatic N) is 1. The number of hydrogen-bond acceptors (Lipinski definition) is 4. The maximum Gasteiger partial charge on any atom is 0.319 e. The number of ether oxygens (including phenoxy) is 2. The Bertz CT molecular complexity index is 957. The third-order valence-corrected chi connectivity index (χ3v) is 4.38. The van der Waals surface area contributed by atoms with Gasteiger partial charge in [-0.25, -0.2) is 4.79 Å². The Balaban J connectivity index is 1.54. The van der Waals surface area contributed by atoms with Crippen molar-refractivity contribution in [1.82, 2.24) is 10.3 Å². The van der Waals surface area contributed by atoms with Crippen molar-refractivity contribution in [3.63, 3.8) is 0 Å². The lowest BCUT2D eigenvalue weighted by Crippen LogP contribution is -2.32. The van der Waals surface area contributed by atoms with Crippen molar-refractivity contribution in [1.29, 1.82) is 0 Å². The number of methoxy groups -OCH3 is 1. The third-order valence-electron chi connectivity index (χ3n) is 3.97. The molecule has 3 rings (SSSR count). The van der Waals surface area contributed by atoms with Gasteiger partial charge in [-0.1, -0.05) is 29.8 Å². The molecule has 0 bridgehead atoms. The number of fused-ring (bicyclic) bond motifs is 1. The Hall–Kier alpha value is -2.99. The second-order valence-corrected chi connectivity index (χ2v) is 6.27. The standard InChI is InChI=1S/C20H20ClN3O3/c1-13-11-16(18(26-2)12-15(13)21)24-20(25)23-9-10-27-17-7-3-5-14-6-4-8-22-19(14)17/h3-8,11-12H,9-10H2,1-2H3,(H2,23,24,25). The Morgan fingerprint density at radius 3 is 2.81 bits per heavy atom. The van der Waals surface area contributed by atoms with E-state index in [-0.39, 0.29) is 6.03 Å². The zero-order chi connectivity index (χ0) is 19.2. The van der Waals surface area contributed by atoms with Crippen LogP contribution in [0, 0.1) is 6.92 Å². The van der Waals surface area contributed by atoms with Crippen LogP contribution in [0.5, 0.6) is 11.5 Å². The summed E-state index contributed by atoms with van der Waals surface area (Å²) in [5.74, 6) is 1.18. The summed E-state index contributed by atoms with van der Waals surface area (Å²) >= 11 is 6.07. The first-order valence-corrected chi connectivity index (χ1v) is 8.82. The fraction of sp³-hybridized carbons (Fsp3) is 0.200. The molecular weight excluding hydrogens is 366 g/mol. The van der Waals surface area contributed by atoms with Crippen LogP contribution in [-0.4, -0.2) is 31.3 Å². The van der Waals surface area contributed by atoms with Crippen LogP contribution in [0.25, 0.3) is 10.9 Å². The highest BCUT2D eigenvalue weighted by atomic mass is 35.5. The molecule has 0 aliphatic rings. The molecule has 2 N–H and O–H groups in total. The smallest absolute Gasteiger partial charge is 0.319 e. The Labute approximate surface area is 162 Å². The van der Waals surface area contributed by atoms with Crippen LogP contribution >= 0.6 is 11.6 Å². The number of hydrogen-bond donors (Lipinski definition) is 2. The van der Waals surface area contributed by atoms with Crippen LogP contribution in [0.15, 0.2) is 48.7 Å². The summed E-state index contributed by atoms with van der Waals surface area (Å²) in [6.45, 7) is 2.51. The number of para-hydroxylation sites is 1. The average molecular weight is 386 g/mol. The molecule has 1 heterocycles. The molecule has 0 aliphatic heterocycles. The molecule has 0 fully saturated rings. The van der Waals surface area contributed by atoms with Gasteiger partial charge < -0.3 is 20.1 Å². The summed E-state index contributed by atoms with van der Waals surface area (Å²) in [6.07, 6.45) is 1.72. The second-order valence-electron chi connectivity index (χ2n) is 5.86. The molecule has 2 amide bonds. The van der Waals surface area contributed by atoms with Crippen molar-refractivity contribution < 1.29 is 14.3 Å². The number of carbonyl (C=O) groups is 1. The molecule has 1 aromatic heterocycles. The zero-order valence-electron chi connectivity index (χ0n) is 15.1. The van der Waals surface area contributed by atoms with Gasteiger partial charge in [-0.3, -0.25) is 4.98 Å². The van der Waals surface area contributed by atoms with Gasteiger partial charge >= 0.3 is 6.03 Å². The van der Waals surface area contributed by atoms with E-state index in [9.17, 15) is 4.79 Å². The number of rotatable bonds is 6. The second kappa shape index (κ2) is 8.60. The molecule has 3 aromatic rings. The molecule has 27 heavy (non-hydrogen) atoms. The summed E-state index contributed by atoms with van der Waals surface area (Å²) in [6, 6.07) is 12.7. The monoisotopic (exact) mass is 385 g/mol. The van der Waals surface area contributed by atoms with Crippen molar-refractivity contribution in [3.05, 3.63) is 59.2 Å². The predicted octanol–water partition coefficient (Wildman–Crippen LogP) is 4.41. The van der Waals surface area contributed by atoms with Gasteiger partial charge in [-0.05, 0) is 30.7 Å². The van der Waals surface area contributed by atoms with Gasteiger partial charge in [-0.15, -0.1) is 0 Å². The maximum absolute atomic E-state index is 12.1. The number of amides is 2. The highest BCUT2D eigenvalue weighted by Gasteiger charge is 2.10. The highest BCUT2D eigenvalue weighted by molar-refractivity contribution is 6.31. The van der Waals surface area contributed by atoms with E-state index in [4.69, 9.17) is 21.1 Å². The normalized spacial score (nSPS) is 10.5. The molecule has 0 radical (unpaired) electrons. The summed E-state index contributed by atoms with van der Waals surface area (Å²) in [7, 11) is 1.52. The number of pyridine rings is 1. The van der Waals surface area contributed by atoms with E-state index in [2.05, 4.69) is 15.6 Å². The molecule has 0 unspecified atom stereocenters. The van der Waals surface area contributed by atoms with Crippen molar-refractivity contribution in [3.8, 4) is 11.5 Å². The first-order valence-electron chi connectivity index (χ1n) is 8.44. The molecule has 140 valence electrons. The van der Waals surface area contributed by atoms with Crippen molar-refractivity contribution >= 4 is 34.2 Å². The van der Waals surface area contributed by atoms with Crippen LogP contribution in [0.2, 0.25) is 5.02 Å². The highest BCUT2D eigenvalue weighted by Crippen LogP contribution is 2.30. The third kappa shape index (κ3) is 4.60. The average Bonchev–Trinajstić information content (AvgIpc) is 2.68. The van der Waals surface area contributed by atoms with Crippen LogP contribution in [0.1, 0.15) is 5.56 Å². The Morgan fingerprint density at radius 2 is 2.00 bits per heavy atom. The fourth-order valence-electron chi connectivity index (χ4n) is 2.61. The van der Waals surface area contributed by atoms with E-state index in [1.54, 1.807) is 18.3 Å². The van der Waals surface area contributed by atoms with Gasteiger partial charge in [0.1, 0.15) is 23.6 Å². The number of anilines is 1. The van der Waals surface area contributed by atoms with E-state index >= 15 is 0 Å². The molecule has 0 spiro atoms. The van der Waals surface area contributed by atoms with E-state index in [0.29, 0.717) is 35.4 Å². The number of halogens is 1. The quantitative estimate of drug-likeness (QED) is 0.616. The SMILES string of the molecule is COc1cc(Cl)c(C)cc1NC(=O)NCCOc1cccc2cccnc12. The van der Waals surface area contributed by atoms with Crippen molar-refractivity contribution in [2.24, 2.45) is 0 Å². The zero-order valence-corrected chi connectivity index (χ0v) is 15.8. The number of nitrogens with one attached hydrogen (secondary N) is 2. The Kier molecular flexibility index (Phi) is 5.98. The van der Waals surface area contributed by atoms with Crippen LogP contribution < -0.4 is 20.1 Å². The summed E-state index contributed by atoms with van der Waals surface area (Å²) < 4.78 is 11.0. The molecule has 0 aliphatic carbocycles. The number of urea groups is 1. The first kappa shape index (κ1) is 18.8. The molecule has 7 heteroatoms. The number of benzene rings is 2. The summed E-state index contributed by atoms with van der Waals surface area (Å²) in [4.78, 5) is 16.5. The summed E-state index contributed by atoms with van der Waals surface area (Å²) in [5.41, 5.74) is 2.20. The number of aryl methyl sites for hydroxylation is 1.